The van der Waals surface area contributed by atoms with Crippen molar-refractivity contribution in [1.29, 1.82) is 0 Å². The van der Waals surface area contributed by atoms with Crippen molar-refractivity contribution in [3.05, 3.63) is 84.2 Å². The second kappa shape index (κ2) is 9.33. The Kier molecular flexibility index (Phi) is 6.11. The molecule has 2 heterocycles. The van der Waals surface area contributed by atoms with Crippen molar-refractivity contribution < 1.29 is 9.84 Å². The summed E-state index contributed by atoms with van der Waals surface area (Å²) in [5, 5.41) is 13.9. The van der Waals surface area contributed by atoms with Gasteiger partial charge in [0, 0.05) is 11.8 Å². The first-order valence-corrected chi connectivity index (χ1v) is 12.2. The van der Waals surface area contributed by atoms with Crippen molar-refractivity contribution in [3.63, 3.8) is 0 Å². The van der Waals surface area contributed by atoms with Crippen molar-refractivity contribution in [2.75, 3.05) is 5.32 Å². The minimum absolute atomic E-state index is 0.119. The number of para-hydroxylation sites is 1. The summed E-state index contributed by atoms with van der Waals surface area (Å²) in [5.74, 6) is 1.38. The molecule has 5 rings (SSSR count). The monoisotopic (exact) mass is 457 g/mol. The molecular formula is C27H27N3O2S. The van der Waals surface area contributed by atoms with Gasteiger partial charge in [0.05, 0.1) is 17.2 Å². The number of aliphatic hydroxyl groups is 1. The largest absolute Gasteiger partial charge is 0.437 e. The van der Waals surface area contributed by atoms with Crippen LogP contribution in [0.4, 0.5) is 10.8 Å². The number of anilines is 2. The van der Waals surface area contributed by atoms with Gasteiger partial charge in [-0.15, -0.1) is 0 Å². The third kappa shape index (κ3) is 4.49. The first-order valence-electron chi connectivity index (χ1n) is 11.4. The van der Waals surface area contributed by atoms with Crippen LogP contribution in [0.15, 0.2) is 72.9 Å². The number of aliphatic hydroxyl groups excluding tert-OH is 1. The lowest BCUT2D eigenvalue weighted by molar-refractivity contribution is 0.278. The van der Waals surface area contributed by atoms with E-state index in [1.807, 2.05) is 54.6 Å². The quantitative estimate of drug-likeness (QED) is 0.281. The lowest BCUT2D eigenvalue weighted by Crippen LogP contribution is -2.08. The van der Waals surface area contributed by atoms with E-state index in [2.05, 4.69) is 34.3 Å². The molecule has 1 aliphatic rings. The number of ether oxygens (including phenoxy) is 1. The van der Waals surface area contributed by atoms with Gasteiger partial charge in [0.25, 0.3) is 0 Å². The molecule has 168 valence electrons. The fraction of sp³-hybridized carbons (Fsp3) is 0.259. The predicted octanol–water partition coefficient (Wildman–Crippen LogP) is 7.07. The maximum absolute atomic E-state index is 9.84. The molecule has 5 nitrogen and oxygen atoms in total. The molecule has 4 aromatic rings. The topological polar surface area (TPSA) is 67.3 Å². The van der Waals surface area contributed by atoms with E-state index in [4.69, 9.17) is 4.74 Å². The summed E-state index contributed by atoms with van der Waals surface area (Å²) in [7, 11) is 0. The van der Waals surface area contributed by atoms with Gasteiger partial charge < -0.3 is 15.2 Å². The van der Waals surface area contributed by atoms with E-state index in [-0.39, 0.29) is 12.0 Å². The molecule has 0 aliphatic heterocycles. The van der Waals surface area contributed by atoms with Crippen LogP contribution in [0.2, 0.25) is 0 Å². The highest BCUT2D eigenvalue weighted by atomic mass is 32.1. The van der Waals surface area contributed by atoms with Crippen LogP contribution in [0.5, 0.6) is 11.6 Å². The molecule has 0 amide bonds. The number of nitrogens with one attached hydrogen (secondary N) is 1. The lowest BCUT2D eigenvalue weighted by atomic mass is 9.90. The number of benzene rings is 2. The highest BCUT2D eigenvalue weighted by molar-refractivity contribution is 7.19. The Hall–Kier alpha value is -3.22. The molecule has 0 radical (unpaired) electrons. The zero-order chi connectivity index (χ0) is 22.7. The molecule has 2 N–H and O–H groups in total. The Labute approximate surface area is 198 Å². The number of nitrogens with zero attached hydrogens (tertiary/aromatic N) is 2. The molecule has 0 spiro atoms. The van der Waals surface area contributed by atoms with Crippen molar-refractivity contribution in [1.82, 2.24) is 9.97 Å². The minimum atomic E-state index is -0.119. The van der Waals surface area contributed by atoms with Crippen LogP contribution in [0.1, 0.15) is 43.9 Å². The Morgan fingerprint density at radius 2 is 1.82 bits per heavy atom. The van der Waals surface area contributed by atoms with Crippen LogP contribution in [-0.4, -0.2) is 15.1 Å². The van der Waals surface area contributed by atoms with Crippen LogP contribution in [0, 0.1) is 0 Å². The molecule has 1 aliphatic carbocycles. The number of rotatable bonds is 9. The minimum Gasteiger partial charge on any atom is -0.437 e. The van der Waals surface area contributed by atoms with Crippen molar-refractivity contribution in [3.8, 4) is 22.1 Å². The Balaban J connectivity index is 1.43. The molecule has 2 aromatic carbocycles. The zero-order valence-corrected chi connectivity index (χ0v) is 19.4. The van der Waals surface area contributed by atoms with Crippen LogP contribution in [0.3, 0.4) is 0 Å². The molecule has 6 heteroatoms. The van der Waals surface area contributed by atoms with Gasteiger partial charge in [-0.1, -0.05) is 73.2 Å². The highest BCUT2D eigenvalue weighted by Gasteiger charge is 2.45. The maximum atomic E-state index is 9.84. The Morgan fingerprint density at radius 3 is 2.58 bits per heavy atom. The average molecular weight is 458 g/mol. The van der Waals surface area contributed by atoms with Gasteiger partial charge in [0.1, 0.15) is 11.4 Å². The van der Waals surface area contributed by atoms with Gasteiger partial charge in [-0.2, -0.15) is 0 Å². The summed E-state index contributed by atoms with van der Waals surface area (Å²) in [6, 6.07) is 22.1. The van der Waals surface area contributed by atoms with E-state index >= 15 is 0 Å². The predicted molar refractivity (Wildman–Crippen MR) is 133 cm³/mol. The smallest absolute Gasteiger partial charge is 0.243 e. The first kappa shape index (κ1) is 21.6. The third-order valence-corrected chi connectivity index (χ3v) is 7.21. The van der Waals surface area contributed by atoms with Gasteiger partial charge in [-0.3, -0.25) is 0 Å². The molecule has 2 aromatic heterocycles. The van der Waals surface area contributed by atoms with Crippen LogP contribution >= 0.6 is 11.3 Å². The van der Waals surface area contributed by atoms with E-state index in [1.54, 1.807) is 6.20 Å². The molecule has 1 fully saturated rings. The fourth-order valence-corrected chi connectivity index (χ4v) is 5.38. The summed E-state index contributed by atoms with van der Waals surface area (Å²) in [5.41, 5.74) is 3.94. The summed E-state index contributed by atoms with van der Waals surface area (Å²) in [4.78, 5) is 10.1. The number of pyridine rings is 1. The molecule has 0 unspecified atom stereocenters. The summed E-state index contributed by atoms with van der Waals surface area (Å²) in [6.45, 7) is 2.12. The fourth-order valence-electron chi connectivity index (χ4n) is 4.39. The van der Waals surface area contributed by atoms with Crippen LogP contribution in [0.25, 0.3) is 10.4 Å². The molecular weight excluding hydrogens is 430 g/mol. The molecule has 0 atom stereocenters. The van der Waals surface area contributed by atoms with E-state index in [0.717, 1.165) is 28.3 Å². The van der Waals surface area contributed by atoms with Gasteiger partial charge in [-0.25, -0.2) is 9.97 Å². The van der Waals surface area contributed by atoms with Crippen LogP contribution < -0.4 is 10.1 Å². The number of aromatic nitrogens is 2. The summed E-state index contributed by atoms with van der Waals surface area (Å²) >= 11 is 1.51. The Bertz CT molecular complexity index is 1240. The number of thiazole rings is 1. The molecule has 0 saturated heterocycles. The Morgan fingerprint density at radius 1 is 1.03 bits per heavy atom. The molecule has 33 heavy (non-hydrogen) atoms. The van der Waals surface area contributed by atoms with Crippen LogP contribution in [-0.2, 0) is 12.0 Å². The van der Waals surface area contributed by atoms with E-state index in [1.165, 1.54) is 36.2 Å². The van der Waals surface area contributed by atoms with E-state index in [9.17, 15) is 5.11 Å². The van der Waals surface area contributed by atoms with Crippen molar-refractivity contribution in [2.45, 2.75) is 44.6 Å². The van der Waals surface area contributed by atoms with Gasteiger partial charge in [-0.05, 0) is 48.4 Å². The second-order valence-electron chi connectivity index (χ2n) is 8.43. The summed E-state index contributed by atoms with van der Waals surface area (Å²) < 4.78 is 6.39. The van der Waals surface area contributed by atoms with Gasteiger partial charge in [0.15, 0.2) is 5.13 Å². The average Bonchev–Trinajstić information content (AvgIpc) is 3.52. The first-order chi connectivity index (χ1) is 16.2. The number of hydrogen-bond donors (Lipinski definition) is 2. The molecule has 1 saturated carbocycles. The van der Waals surface area contributed by atoms with Gasteiger partial charge >= 0.3 is 0 Å². The van der Waals surface area contributed by atoms with Gasteiger partial charge in [0.2, 0.25) is 5.88 Å². The standard InChI is InChI=1S/C27H27N3O2S/c1-2-14-27(15-16-27)20-11-6-7-13-23(20)32-25-21(12-8-17-28-25)29-26-30-22(18-31)24(33-26)19-9-4-3-5-10-19/h3-13,17,31H,2,14-16,18H2,1H3,(H,29,30). The SMILES string of the molecule is CCCC1(c2ccccc2Oc2ncccc2Nc2nc(CO)c(-c3ccccc3)s2)CC1. The summed E-state index contributed by atoms with van der Waals surface area (Å²) in [6.07, 6.45) is 6.48. The van der Waals surface area contributed by atoms with E-state index < -0.39 is 0 Å². The second-order valence-corrected chi connectivity index (χ2v) is 9.43. The lowest BCUT2D eigenvalue weighted by Gasteiger charge is -2.19. The number of hydrogen-bond acceptors (Lipinski definition) is 6. The molecule has 0 bridgehead atoms. The van der Waals surface area contributed by atoms with Crippen molar-refractivity contribution >= 4 is 22.2 Å². The van der Waals surface area contributed by atoms with Crippen molar-refractivity contribution in [2.24, 2.45) is 0 Å². The zero-order valence-electron chi connectivity index (χ0n) is 18.6. The van der Waals surface area contributed by atoms with E-state index in [0.29, 0.717) is 16.7 Å². The maximum Gasteiger partial charge on any atom is 0.243 e. The highest BCUT2D eigenvalue weighted by Crippen LogP contribution is 2.55. The normalized spacial score (nSPS) is 14.1. The third-order valence-electron chi connectivity index (χ3n) is 6.14.